The molecule has 5 atom stereocenters. The highest BCUT2D eigenvalue weighted by atomic mass is 16.4. The van der Waals surface area contributed by atoms with Gasteiger partial charge in [0.05, 0.1) is 19.1 Å². The molecule has 0 aromatic heterocycles. The fourth-order valence-corrected chi connectivity index (χ4v) is 2.81. The van der Waals surface area contributed by atoms with Crippen molar-refractivity contribution in [2.75, 3.05) is 13.2 Å². The second-order valence-electron chi connectivity index (χ2n) is 6.70. The molecule has 0 aliphatic carbocycles. The highest BCUT2D eigenvalue weighted by molar-refractivity contribution is 5.95. The summed E-state index contributed by atoms with van der Waals surface area (Å²) in [5.74, 6) is -5.56. The normalized spacial score (nSPS) is 20.3. The van der Waals surface area contributed by atoms with Gasteiger partial charge in [-0.1, -0.05) is 0 Å². The number of likely N-dealkylation sites (tertiary alicyclic amines) is 1. The van der Waals surface area contributed by atoms with Crippen LogP contribution in [0.15, 0.2) is 0 Å². The highest BCUT2D eigenvalue weighted by Crippen LogP contribution is 2.19. The van der Waals surface area contributed by atoms with Crippen molar-refractivity contribution in [1.82, 2.24) is 15.5 Å². The average molecular weight is 418 g/mol. The molecule has 1 saturated heterocycles. The Morgan fingerprint density at radius 3 is 2.24 bits per heavy atom. The number of nitrogens with two attached hydrogens (primary N) is 1. The van der Waals surface area contributed by atoms with Gasteiger partial charge in [0, 0.05) is 6.54 Å². The van der Waals surface area contributed by atoms with Crippen LogP contribution in [0.25, 0.3) is 0 Å². The molecule has 0 aromatic rings. The summed E-state index contributed by atoms with van der Waals surface area (Å²) in [6.45, 7) is 0.660. The average Bonchev–Trinajstić information content (AvgIpc) is 3.13. The number of carboxylic acids is 2. The van der Waals surface area contributed by atoms with E-state index < -0.39 is 73.0 Å². The van der Waals surface area contributed by atoms with Gasteiger partial charge in [0.2, 0.25) is 17.7 Å². The molecule has 1 rings (SSSR count). The van der Waals surface area contributed by atoms with Crippen molar-refractivity contribution in [2.24, 2.45) is 5.73 Å². The summed E-state index contributed by atoms with van der Waals surface area (Å²) in [5.41, 5.74) is 5.62. The first kappa shape index (κ1) is 24.3. The highest BCUT2D eigenvalue weighted by Gasteiger charge is 2.38. The van der Waals surface area contributed by atoms with E-state index in [0.29, 0.717) is 6.42 Å². The lowest BCUT2D eigenvalue weighted by Gasteiger charge is -2.28. The molecule has 3 amide bonds. The molecule has 0 spiro atoms. The number of hydrogen-bond acceptors (Lipinski definition) is 8. The Hall–Kier alpha value is -2.77. The van der Waals surface area contributed by atoms with Crippen molar-refractivity contribution < 1.29 is 44.4 Å². The third-order valence-electron chi connectivity index (χ3n) is 4.45. The van der Waals surface area contributed by atoms with E-state index in [0.717, 1.165) is 0 Å². The van der Waals surface area contributed by atoms with Gasteiger partial charge in [-0.15, -0.1) is 0 Å². The van der Waals surface area contributed by atoms with E-state index >= 15 is 0 Å². The Kier molecular flexibility index (Phi) is 8.94. The van der Waals surface area contributed by atoms with Crippen molar-refractivity contribution in [1.29, 1.82) is 0 Å². The number of nitrogens with zero attached hydrogens (tertiary/aromatic N) is 1. The van der Waals surface area contributed by atoms with Crippen molar-refractivity contribution in [3.63, 3.8) is 0 Å². The standard InChI is InChI=1S/C16H26N4O9/c1-7(22)12(17)15(27)20-4-2-3-10(20)14(26)19-9(6-21)13(25)18-8(16(28)29)5-11(23)24/h7-10,12,21-22H,2-6,17H2,1H3,(H,18,25)(H,19,26)(H,23,24)(H,28,29). The van der Waals surface area contributed by atoms with Gasteiger partial charge in [-0.3, -0.25) is 19.2 Å². The third-order valence-corrected chi connectivity index (χ3v) is 4.45. The first-order chi connectivity index (χ1) is 13.5. The molecule has 0 aromatic carbocycles. The maximum absolute atomic E-state index is 12.5. The van der Waals surface area contributed by atoms with E-state index in [1.807, 2.05) is 5.32 Å². The van der Waals surface area contributed by atoms with Gasteiger partial charge in [0.1, 0.15) is 24.2 Å². The second-order valence-corrected chi connectivity index (χ2v) is 6.70. The van der Waals surface area contributed by atoms with E-state index in [9.17, 15) is 34.2 Å². The maximum atomic E-state index is 12.5. The van der Waals surface area contributed by atoms with Gasteiger partial charge in [0.15, 0.2) is 0 Å². The zero-order valence-corrected chi connectivity index (χ0v) is 15.8. The molecule has 1 aliphatic rings. The van der Waals surface area contributed by atoms with E-state index in [1.54, 1.807) is 0 Å². The number of aliphatic hydroxyl groups is 2. The number of carboxylic acid groups (broad SMARTS) is 2. The predicted molar refractivity (Wildman–Crippen MR) is 95.2 cm³/mol. The molecule has 0 bridgehead atoms. The van der Waals surface area contributed by atoms with Crippen molar-refractivity contribution in [3.8, 4) is 0 Å². The molecule has 0 saturated carbocycles. The number of carbonyl (C=O) groups is 5. The minimum absolute atomic E-state index is 0.215. The van der Waals surface area contributed by atoms with Crippen LogP contribution in [0.1, 0.15) is 26.2 Å². The van der Waals surface area contributed by atoms with Gasteiger partial charge in [0.25, 0.3) is 0 Å². The second kappa shape index (κ2) is 10.7. The Bertz CT molecular complexity index is 654. The van der Waals surface area contributed by atoms with Crippen LogP contribution in [0.5, 0.6) is 0 Å². The monoisotopic (exact) mass is 418 g/mol. The number of aliphatic hydroxyl groups excluding tert-OH is 2. The molecule has 13 nitrogen and oxygen atoms in total. The van der Waals surface area contributed by atoms with Gasteiger partial charge in [-0.05, 0) is 19.8 Å². The predicted octanol–water partition coefficient (Wildman–Crippen LogP) is -3.79. The lowest BCUT2D eigenvalue weighted by atomic mass is 10.1. The molecular formula is C16H26N4O9. The van der Waals surface area contributed by atoms with Crippen LogP contribution in [0, 0.1) is 0 Å². The first-order valence-electron chi connectivity index (χ1n) is 8.89. The zero-order chi connectivity index (χ0) is 22.3. The summed E-state index contributed by atoms with van der Waals surface area (Å²) < 4.78 is 0. The molecule has 5 unspecified atom stereocenters. The molecule has 29 heavy (non-hydrogen) atoms. The molecular weight excluding hydrogens is 392 g/mol. The van der Waals surface area contributed by atoms with Gasteiger partial charge >= 0.3 is 11.9 Å². The molecule has 1 fully saturated rings. The maximum Gasteiger partial charge on any atom is 0.326 e. The fourth-order valence-electron chi connectivity index (χ4n) is 2.81. The summed E-state index contributed by atoms with van der Waals surface area (Å²) in [4.78, 5) is 59.9. The smallest absolute Gasteiger partial charge is 0.326 e. The quantitative estimate of drug-likeness (QED) is 0.183. The zero-order valence-electron chi connectivity index (χ0n) is 15.8. The minimum atomic E-state index is -1.75. The number of nitrogens with one attached hydrogen (secondary N) is 2. The number of aliphatic carboxylic acids is 2. The number of amides is 3. The largest absolute Gasteiger partial charge is 0.481 e. The summed E-state index contributed by atoms with van der Waals surface area (Å²) in [7, 11) is 0. The lowest BCUT2D eigenvalue weighted by molar-refractivity contribution is -0.147. The Morgan fingerprint density at radius 1 is 1.14 bits per heavy atom. The summed E-state index contributed by atoms with van der Waals surface area (Å²) in [6.07, 6.45) is -1.29. The van der Waals surface area contributed by atoms with E-state index in [1.165, 1.54) is 11.8 Å². The fraction of sp³-hybridized carbons (Fsp3) is 0.688. The van der Waals surface area contributed by atoms with Crippen molar-refractivity contribution in [2.45, 2.75) is 56.5 Å². The van der Waals surface area contributed by atoms with Gasteiger partial charge < -0.3 is 41.7 Å². The number of carbonyl (C=O) groups excluding carboxylic acids is 3. The van der Waals surface area contributed by atoms with Crippen LogP contribution in [0.3, 0.4) is 0 Å². The van der Waals surface area contributed by atoms with Crippen LogP contribution in [-0.4, -0.2) is 98.4 Å². The molecule has 164 valence electrons. The lowest BCUT2D eigenvalue weighted by Crippen LogP contribution is -2.58. The molecule has 1 heterocycles. The summed E-state index contributed by atoms with van der Waals surface area (Å²) >= 11 is 0. The first-order valence-corrected chi connectivity index (χ1v) is 8.89. The Labute approximate surface area is 165 Å². The number of rotatable bonds is 10. The van der Waals surface area contributed by atoms with Crippen LogP contribution in [0.4, 0.5) is 0 Å². The van der Waals surface area contributed by atoms with Crippen LogP contribution in [-0.2, 0) is 24.0 Å². The van der Waals surface area contributed by atoms with E-state index in [-0.39, 0.29) is 13.0 Å². The van der Waals surface area contributed by atoms with Crippen molar-refractivity contribution >= 4 is 29.7 Å². The molecule has 13 heteroatoms. The SMILES string of the molecule is CC(O)C(N)C(=O)N1CCCC1C(=O)NC(CO)C(=O)NC(CC(=O)O)C(=O)O. The van der Waals surface area contributed by atoms with Crippen LogP contribution in [0.2, 0.25) is 0 Å². The molecule has 0 radical (unpaired) electrons. The van der Waals surface area contributed by atoms with Gasteiger partial charge in [-0.25, -0.2) is 4.79 Å². The molecule has 8 N–H and O–H groups in total. The topological polar surface area (TPSA) is 220 Å². The van der Waals surface area contributed by atoms with Crippen LogP contribution < -0.4 is 16.4 Å². The minimum Gasteiger partial charge on any atom is -0.481 e. The molecule has 1 aliphatic heterocycles. The Balaban J connectivity index is 2.80. The van der Waals surface area contributed by atoms with E-state index in [4.69, 9.17) is 15.9 Å². The summed E-state index contributed by atoms with van der Waals surface area (Å²) in [6, 6.07) is -5.52. The van der Waals surface area contributed by atoms with Crippen molar-refractivity contribution in [3.05, 3.63) is 0 Å². The van der Waals surface area contributed by atoms with Gasteiger partial charge in [-0.2, -0.15) is 0 Å². The number of hydrogen-bond donors (Lipinski definition) is 7. The van der Waals surface area contributed by atoms with E-state index in [2.05, 4.69) is 5.32 Å². The Morgan fingerprint density at radius 2 is 1.76 bits per heavy atom. The summed E-state index contributed by atoms with van der Waals surface area (Å²) in [5, 5.41) is 40.7. The van der Waals surface area contributed by atoms with Crippen LogP contribution >= 0.6 is 0 Å². The third kappa shape index (κ3) is 6.66.